The van der Waals surface area contributed by atoms with E-state index in [9.17, 15) is 4.79 Å². The third-order valence-electron chi connectivity index (χ3n) is 3.24. The molecule has 3 nitrogen and oxygen atoms in total. The number of unbranched alkanes of at least 4 members (excludes halogenated alkanes) is 2. The van der Waals surface area contributed by atoms with Crippen LogP contribution >= 0.6 is 0 Å². The average molecular weight is 258 g/mol. The summed E-state index contributed by atoms with van der Waals surface area (Å²) in [6.07, 6.45) is 6.89. The molecule has 108 valence electrons. The van der Waals surface area contributed by atoms with Crippen molar-refractivity contribution in [2.45, 2.75) is 65.7 Å². The molecular formula is C15H32NO2+. The predicted octanol–water partition coefficient (Wildman–Crippen LogP) is 3.72. The fourth-order valence-corrected chi connectivity index (χ4v) is 2.26. The van der Waals surface area contributed by atoms with Gasteiger partial charge in [0.2, 0.25) is 0 Å². The van der Waals surface area contributed by atoms with Crippen LogP contribution in [0.15, 0.2) is 0 Å². The number of Topliss-reactive ketones (excluding diaryl/α,β-unsaturated/α-hetero) is 1. The molecule has 0 saturated carbocycles. The largest absolute Gasteiger partial charge is 0.300 e. The molecule has 0 N–H and O–H groups in total. The van der Waals surface area contributed by atoms with E-state index in [-0.39, 0.29) is 0 Å². The van der Waals surface area contributed by atoms with Gasteiger partial charge in [0.05, 0.1) is 7.05 Å². The second-order valence-corrected chi connectivity index (χ2v) is 5.32. The van der Waals surface area contributed by atoms with Crippen LogP contribution in [0.4, 0.5) is 0 Å². The topological polar surface area (TPSA) is 26.3 Å². The van der Waals surface area contributed by atoms with E-state index in [1.54, 1.807) is 0 Å². The molecule has 3 heteroatoms. The summed E-state index contributed by atoms with van der Waals surface area (Å²) in [6, 6.07) is 0. The molecule has 0 atom stereocenters. The smallest absolute Gasteiger partial charge is 0.135 e. The Bertz CT molecular complexity index is 211. The van der Waals surface area contributed by atoms with Gasteiger partial charge >= 0.3 is 0 Å². The molecule has 0 aliphatic heterocycles. The summed E-state index contributed by atoms with van der Waals surface area (Å²) >= 11 is 0. The first-order valence-electron chi connectivity index (χ1n) is 7.58. The number of carbonyl (C=O) groups excluding carboxylic acids is 1. The van der Waals surface area contributed by atoms with Crippen molar-refractivity contribution in [1.29, 1.82) is 0 Å². The Balaban J connectivity index is 3.80. The molecule has 0 aliphatic rings. The van der Waals surface area contributed by atoms with Crippen LogP contribution in [0.3, 0.4) is 0 Å². The lowest BCUT2D eigenvalue weighted by Gasteiger charge is -2.30. The number of rotatable bonds is 12. The Morgan fingerprint density at radius 1 is 0.944 bits per heavy atom. The highest BCUT2D eigenvalue weighted by Gasteiger charge is 2.21. The highest BCUT2D eigenvalue weighted by atomic mass is 16.7. The van der Waals surface area contributed by atoms with Crippen molar-refractivity contribution in [3.63, 3.8) is 0 Å². The first-order chi connectivity index (χ1) is 8.58. The van der Waals surface area contributed by atoms with Crippen LogP contribution < -0.4 is 0 Å². The summed E-state index contributed by atoms with van der Waals surface area (Å²) in [7, 11) is 2.12. The molecule has 18 heavy (non-hydrogen) atoms. The monoisotopic (exact) mass is 258 g/mol. The van der Waals surface area contributed by atoms with Crippen molar-refractivity contribution in [1.82, 2.24) is 0 Å². The molecule has 0 unspecified atom stereocenters. The zero-order valence-electron chi connectivity index (χ0n) is 12.8. The van der Waals surface area contributed by atoms with E-state index >= 15 is 0 Å². The van der Waals surface area contributed by atoms with Crippen LogP contribution in [0.2, 0.25) is 0 Å². The van der Waals surface area contributed by atoms with Crippen molar-refractivity contribution in [3.8, 4) is 0 Å². The van der Waals surface area contributed by atoms with Gasteiger partial charge in [-0.3, -0.25) is 4.79 Å². The lowest BCUT2D eigenvalue weighted by Crippen LogP contribution is -2.45. The summed E-state index contributed by atoms with van der Waals surface area (Å²) in [5.41, 5.74) is 0. The number of ketones is 1. The molecule has 0 amide bonds. The van der Waals surface area contributed by atoms with E-state index < -0.39 is 0 Å². The van der Waals surface area contributed by atoms with Crippen molar-refractivity contribution < 1.29 is 14.3 Å². The molecule has 0 rings (SSSR count). The van der Waals surface area contributed by atoms with Crippen LogP contribution in [0.5, 0.6) is 0 Å². The third kappa shape index (κ3) is 8.65. The van der Waals surface area contributed by atoms with E-state index in [4.69, 9.17) is 4.84 Å². The molecule has 0 radical (unpaired) electrons. The van der Waals surface area contributed by atoms with E-state index in [1.165, 1.54) is 6.42 Å². The molecule has 0 aromatic rings. The van der Waals surface area contributed by atoms with Crippen LogP contribution in [0.25, 0.3) is 0 Å². The number of hydroxylamine groups is 3. The van der Waals surface area contributed by atoms with Crippen LogP contribution in [-0.4, -0.2) is 37.2 Å². The second-order valence-electron chi connectivity index (χ2n) is 5.32. The van der Waals surface area contributed by atoms with Gasteiger partial charge in [0.1, 0.15) is 25.5 Å². The van der Waals surface area contributed by atoms with Crippen molar-refractivity contribution >= 4 is 5.78 Å². The fourth-order valence-electron chi connectivity index (χ4n) is 2.26. The molecule has 0 heterocycles. The minimum atomic E-state index is 0.350. The van der Waals surface area contributed by atoms with E-state index in [0.29, 0.717) is 23.5 Å². The van der Waals surface area contributed by atoms with Crippen molar-refractivity contribution in [2.24, 2.45) is 0 Å². The molecule has 0 saturated heterocycles. The standard InChI is InChI=1S/C15H32NO2/c1-5-8-9-10-15(17)11-14-18-16(4,12-6-2)13-7-3/h5-14H2,1-4H3/q+1. The minimum Gasteiger partial charge on any atom is -0.300 e. The van der Waals surface area contributed by atoms with Gasteiger partial charge in [-0.25, -0.2) is 4.84 Å². The maximum atomic E-state index is 11.6. The maximum Gasteiger partial charge on any atom is 0.135 e. The first-order valence-corrected chi connectivity index (χ1v) is 7.58. The molecule has 0 aliphatic carbocycles. The lowest BCUT2D eigenvalue weighted by molar-refractivity contribution is -1.09. The number of hydrogen-bond donors (Lipinski definition) is 0. The minimum absolute atomic E-state index is 0.350. The summed E-state index contributed by atoms with van der Waals surface area (Å²) in [6.45, 7) is 9.13. The highest BCUT2D eigenvalue weighted by Crippen LogP contribution is 2.09. The summed E-state index contributed by atoms with van der Waals surface area (Å²) in [5, 5.41) is 0. The number of hydrogen-bond acceptors (Lipinski definition) is 2. The Morgan fingerprint density at radius 3 is 2.06 bits per heavy atom. The van der Waals surface area contributed by atoms with Gasteiger partial charge in [0.25, 0.3) is 0 Å². The molecule has 0 fully saturated rings. The molecule has 0 spiro atoms. The van der Waals surface area contributed by atoms with Gasteiger partial charge in [-0.15, -0.1) is 0 Å². The normalized spacial score (nSPS) is 11.8. The number of nitrogens with zero attached hydrogens (tertiary/aromatic N) is 1. The zero-order valence-corrected chi connectivity index (χ0v) is 12.8. The fraction of sp³-hybridized carbons (Fsp3) is 0.933. The van der Waals surface area contributed by atoms with E-state index in [1.807, 2.05) is 0 Å². The molecule has 0 bridgehead atoms. The van der Waals surface area contributed by atoms with Gasteiger partial charge in [-0.1, -0.05) is 33.6 Å². The maximum absolute atomic E-state index is 11.6. The zero-order chi connectivity index (χ0) is 13.9. The van der Waals surface area contributed by atoms with Gasteiger partial charge in [0, 0.05) is 12.8 Å². The Morgan fingerprint density at radius 2 is 1.56 bits per heavy atom. The first kappa shape index (κ1) is 17.6. The Kier molecular flexibility index (Phi) is 10.3. The van der Waals surface area contributed by atoms with Crippen LogP contribution in [0, 0.1) is 0 Å². The SMILES string of the molecule is CCCCCC(=O)CCO[N+](C)(CCC)CCC. The lowest BCUT2D eigenvalue weighted by atomic mass is 10.1. The molecular weight excluding hydrogens is 226 g/mol. The van der Waals surface area contributed by atoms with Crippen LogP contribution in [0.1, 0.15) is 65.7 Å². The van der Waals surface area contributed by atoms with E-state index in [2.05, 4.69) is 27.8 Å². The third-order valence-corrected chi connectivity index (χ3v) is 3.24. The highest BCUT2D eigenvalue weighted by molar-refractivity contribution is 5.78. The van der Waals surface area contributed by atoms with Crippen molar-refractivity contribution in [3.05, 3.63) is 0 Å². The second kappa shape index (κ2) is 10.5. The summed E-state index contributed by atoms with van der Waals surface area (Å²) < 4.78 is 0.648. The molecule has 0 aromatic heterocycles. The predicted molar refractivity (Wildman–Crippen MR) is 76.2 cm³/mol. The Labute approximate surface area is 113 Å². The summed E-state index contributed by atoms with van der Waals surface area (Å²) in [4.78, 5) is 17.5. The Hall–Kier alpha value is -0.410. The average Bonchev–Trinajstić information content (AvgIpc) is 2.30. The number of carbonyl (C=O) groups is 1. The summed E-state index contributed by atoms with van der Waals surface area (Å²) in [5.74, 6) is 0.350. The number of quaternary nitrogens is 1. The quantitative estimate of drug-likeness (QED) is 0.303. The molecule has 0 aromatic carbocycles. The van der Waals surface area contributed by atoms with Gasteiger partial charge in [-0.2, -0.15) is 4.65 Å². The van der Waals surface area contributed by atoms with Gasteiger partial charge in [0.15, 0.2) is 0 Å². The van der Waals surface area contributed by atoms with Crippen LogP contribution in [-0.2, 0) is 9.63 Å². The van der Waals surface area contributed by atoms with Gasteiger partial charge in [-0.05, 0) is 19.3 Å². The van der Waals surface area contributed by atoms with Crippen molar-refractivity contribution in [2.75, 3.05) is 26.7 Å². The van der Waals surface area contributed by atoms with Gasteiger partial charge < -0.3 is 0 Å². The van der Waals surface area contributed by atoms with E-state index in [0.717, 1.165) is 45.2 Å².